The summed E-state index contributed by atoms with van der Waals surface area (Å²) in [6, 6.07) is 21.1. The van der Waals surface area contributed by atoms with Gasteiger partial charge in [0.05, 0.1) is 41.4 Å². The van der Waals surface area contributed by atoms with Crippen molar-refractivity contribution in [2.45, 2.75) is 124 Å². The number of aliphatic hydroxyl groups excluding tert-OH is 1. The SMILES string of the molecule is CCN(c1cc(-c2ccc(OCCCOCCOc3cc(C(C(=O)N4C[C@H](O)C[C@H]4C(=O)N[C@@H](C)c4ccc(-c5scnc5C)cc4)C(C)C)on3)cc2)cc(C(=O)NCC2=C(C)C=C(C)NC2C)c1C)C1CCOCC1. The Morgan fingerprint density at radius 1 is 0.922 bits per heavy atom. The number of thiazole rings is 1. The van der Waals surface area contributed by atoms with Gasteiger partial charge in [-0.25, -0.2) is 4.98 Å². The monoisotopic (exact) mass is 1070 g/mol. The minimum atomic E-state index is -0.847. The summed E-state index contributed by atoms with van der Waals surface area (Å²) in [7, 11) is 0. The van der Waals surface area contributed by atoms with Crippen molar-refractivity contribution in [2.75, 3.05) is 64.2 Å². The van der Waals surface area contributed by atoms with Crippen LogP contribution in [0.15, 0.2) is 99.7 Å². The summed E-state index contributed by atoms with van der Waals surface area (Å²) >= 11 is 1.59. The van der Waals surface area contributed by atoms with Crippen molar-refractivity contribution in [2.24, 2.45) is 5.92 Å². The lowest BCUT2D eigenvalue weighted by Gasteiger charge is -2.37. The highest BCUT2D eigenvalue weighted by Gasteiger charge is 2.43. The van der Waals surface area contributed by atoms with Crippen LogP contribution in [0.25, 0.3) is 21.6 Å². The van der Waals surface area contributed by atoms with Crippen LogP contribution < -0.4 is 30.3 Å². The maximum absolute atomic E-state index is 14.2. The molecule has 5 atom stereocenters. The van der Waals surface area contributed by atoms with Gasteiger partial charge < -0.3 is 54.3 Å². The van der Waals surface area contributed by atoms with Crippen molar-refractivity contribution in [1.82, 2.24) is 31.0 Å². The molecule has 8 rings (SSSR count). The van der Waals surface area contributed by atoms with Gasteiger partial charge in [0.15, 0.2) is 5.76 Å². The first kappa shape index (κ1) is 56.7. The summed E-state index contributed by atoms with van der Waals surface area (Å²) in [5.41, 5.74) is 12.9. The molecule has 0 aliphatic carbocycles. The molecule has 17 heteroatoms. The Balaban J connectivity index is 0.801. The van der Waals surface area contributed by atoms with Crippen LogP contribution in [0.5, 0.6) is 11.6 Å². The van der Waals surface area contributed by atoms with E-state index in [1.807, 2.05) is 87.8 Å². The standard InChI is InChI=1S/C60H77N7O9S/c1-10-66(47-20-24-73-25-21-47)52-30-46(29-50(39(52)6)58(69)61-33-51-37(4)28-38(5)63-41(51)8)44-16-18-49(19-17-44)74-23-11-22-72-26-27-75-55-32-54(76-65-55)56(36(2)3)60(71)67-34-48(68)31-53(67)59(70)64-40(7)43-12-14-45(15-13-43)57-42(9)62-35-77-57/h12-19,28-30,32,35-36,40-41,47-48,53,56,63,68H,10-11,20-27,31,33-34H2,1-9H3,(H,61,69)(H,64,70)/t40-,41?,48+,53-,56?/m0/s1. The third-order valence-electron chi connectivity index (χ3n) is 15.0. The molecule has 16 nitrogen and oxygen atoms in total. The number of β-amino-alcohol motifs (C(OH)–C–C–N with tert-alkyl or cyclic N) is 1. The van der Waals surface area contributed by atoms with E-state index in [9.17, 15) is 19.5 Å². The predicted octanol–water partition coefficient (Wildman–Crippen LogP) is 9.47. The Labute approximate surface area is 457 Å². The van der Waals surface area contributed by atoms with E-state index in [2.05, 4.69) is 77.8 Å². The average Bonchev–Trinajstić information content (AvgIpc) is 4.17. The molecule has 2 fully saturated rings. The number of hydrogen-bond donors (Lipinski definition) is 4. The normalized spacial score (nSPS) is 18.7. The number of carbonyl (C=O) groups is 3. The van der Waals surface area contributed by atoms with Crippen LogP contribution in [0.2, 0.25) is 0 Å². The summed E-state index contributed by atoms with van der Waals surface area (Å²) in [6.45, 7) is 22.4. The van der Waals surface area contributed by atoms with E-state index < -0.39 is 18.1 Å². The molecule has 3 aliphatic heterocycles. The van der Waals surface area contributed by atoms with Gasteiger partial charge in [0, 0.05) is 87.4 Å². The summed E-state index contributed by atoms with van der Waals surface area (Å²) in [4.78, 5) is 51.4. The number of amides is 3. The lowest BCUT2D eigenvalue weighted by molar-refractivity contribution is -0.141. The van der Waals surface area contributed by atoms with Gasteiger partial charge in [0.2, 0.25) is 11.8 Å². The van der Waals surface area contributed by atoms with Crippen LogP contribution in [0.3, 0.4) is 0 Å². The van der Waals surface area contributed by atoms with Gasteiger partial charge in [-0.1, -0.05) is 50.2 Å². The highest BCUT2D eigenvalue weighted by Crippen LogP contribution is 2.36. The van der Waals surface area contributed by atoms with Crippen LogP contribution >= 0.6 is 11.3 Å². The molecule has 5 aromatic rings. The molecule has 0 saturated carbocycles. The maximum Gasteiger partial charge on any atom is 0.254 e. The smallest absolute Gasteiger partial charge is 0.254 e. The highest BCUT2D eigenvalue weighted by atomic mass is 32.1. The van der Waals surface area contributed by atoms with E-state index in [1.165, 1.54) is 16.0 Å². The molecule has 2 saturated heterocycles. The van der Waals surface area contributed by atoms with Crippen molar-refractivity contribution in [1.29, 1.82) is 0 Å². The number of rotatable bonds is 23. The molecule has 5 heterocycles. The van der Waals surface area contributed by atoms with Gasteiger partial charge in [-0.05, 0) is 142 Å². The number of nitrogens with one attached hydrogen (secondary N) is 3. The molecule has 2 unspecified atom stereocenters. The molecule has 77 heavy (non-hydrogen) atoms. The van der Waals surface area contributed by atoms with Crippen molar-refractivity contribution in [3.8, 4) is 33.2 Å². The number of likely N-dealkylation sites (tertiary alicyclic amines) is 1. The van der Waals surface area contributed by atoms with Gasteiger partial charge in [-0.15, -0.1) is 11.3 Å². The van der Waals surface area contributed by atoms with Crippen molar-refractivity contribution < 1.29 is 43.0 Å². The van der Waals surface area contributed by atoms with E-state index in [-0.39, 0.29) is 61.2 Å². The van der Waals surface area contributed by atoms with E-state index >= 15 is 0 Å². The quantitative estimate of drug-likeness (QED) is 0.0453. The molecule has 0 bridgehead atoms. The van der Waals surface area contributed by atoms with Gasteiger partial charge in [0.25, 0.3) is 11.8 Å². The Morgan fingerprint density at radius 2 is 1.66 bits per heavy atom. The number of benzene rings is 3. The lowest BCUT2D eigenvalue weighted by Crippen LogP contribution is -2.48. The van der Waals surface area contributed by atoms with Gasteiger partial charge in [-0.2, -0.15) is 0 Å². The van der Waals surface area contributed by atoms with Crippen molar-refractivity contribution in [3.63, 3.8) is 0 Å². The Hall–Kier alpha value is -6.53. The van der Waals surface area contributed by atoms with Crippen LogP contribution in [-0.2, 0) is 19.1 Å². The topological polar surface area (TPSA) is 190 Å². The summed E-state index contributed by atoms with van der Waals surface area (Å²) in [5.74, 6) is -0.424. The van der Waals surface area contributed by atoms with Crippen LogP contribution in [0, 0.1) is 19.8 Å². The second-order valence-electron chi connectivity index (χ2n) is 20.9. The summed E-state index contributed by atoms with van der Waals surface area (Å²) in [6.07, 6.45) is 3.95. The number of ether oxygens (including phenoxy) is 4. The van der Waals surface area contributed by atoms with E-state index in [4.69, 9.17) is 23.5 Å². The zero-order chi connectivity index (χ0) is 54.8. The fourth-order valence-corrected chi connectivity index (χ4v) is 11.6. The Bertz CT molecular complexity index is 2870. The molecular formula is C60H77N7O9S. The van der Waals surface area contributed by atoms with E-state index in [1.54, 1.807) is 17.4 Å². The third-order valence-corrected chi connectivity index (χ3v) is 16.0. The number of aliphatic hydroxyl groups is 1. The van der Waals surface area contributed by atoms with Gasteiger partial charge >= 0.3 is 0 Å². The maximum atomic E-state index is 14.2. The number of aryl methyl sites for hydroxylation is 1. The first-order valence-corrected chi connectivity index (χ1v) is 28.1. The van der Waals surface area contributed by atoms with Crippen LogP contribution in [0.1, 0.15) is 119 Å². The fourth-order valence-electron chi connectivity index (χ4n) is 10.8. The van der Waals surface area contributed by atoms with E-state index in [0.29, 0.717) is 50.2 Å². The molecule has 0 spiro atoms. The Kier molecular flexibility index (Phi) is 19.3. The van der Waals surface area contributed by atoms with Crippen molar-refractivity contribution >= 4 is 34.7 Å². The molecule has 0 radical (unpaired) electrons. The van der Waals surface area contributed by atoms with Gasteiger partial charge in [0.1, 0.15) is 24.3 Å². The highest BCUT2D eigenvalue weighted by molar-refractivity contribution is 7.13. The molecular weight excluding hydrogens is 995 g/mol. The number of anilines is 1. The molecule has 3 amide bonds. The number of nitrogens with zero attached hydrogens (tertiary/aromatic N) is 4. The lowest BCUT2D eigenvalue weighted by atomic mass is 9.91. The number of carbonyl (C=O) groups excluding carboxylic acids is 3. The number of allylic oxidation sites excluding steroid dienone is 3. The third kappa shape index (κ3) is 14.0. The second kappa shape index (κ2) is 26.2. The largest absolute Gasteiger partial charge is 0.494 e. The second-order valence-corrected chi connectivity index (χ2v) is 21.7. The minimum Gasteiger partial charge on any atom is -0.494 e. The zero-order valence-corrected chi connectivity index (χ0v) is 47.0. The first-order chi connectivity index (χ1) is 37.1. The first-order valence-electron chi connectivity index (χ1n) is 27.2. The average molecular weight is 1070 g/mol. The van der Waals surface area contributed by atoms with Crippen molar-refractivity contribution in [3.05, 3.63) is 123 Å². The molecule has 3 aliphatic rings. The molecule has 412 valence electrons. The molecule has 2 aromatic heterocycles. The minimum absolute atomic E-state index is 0.0346. The van der Waals surface area contributed by atoms with Crippen LogP contribution in [-0.4, -0.2) is 121 Å². The zero-order valence-electron chi connectivity index (χ0n) is 46.1. The summed E-state index contributed by atoms with van der Waals surface area (Å²) in [5, 5.41) is 24.6. The number of aromatic nitrogens is 2. The molecule has 3 aromatic carbocycles. The molecule has 4 N–H and O–H groups in total. The Morgan fingerprint density at radius 3 is 2.35 bits per heavy atom. The number of hydrogen-bond acceptors (Lipinski definition) is 14. The van der Waals surface area contributed by atoms with Gasteiger partial charge in [-0.3, -0.25) is 14.4 Å². The fraction of sp³-hybridized carbons (Fsp3) is 0.483. The van der Waals surface area contributed by atoms with Crippen LogP contribution in [0.4, 0.5) is 5.69 Å². The van der Waals surface area contributed by atoms with E-state index in [0.717, 1.165) is 88.1 Å². The predicted molar refractivity (Wildman–Crippen MR) is 300 cm³/mol. The summed E-state index contributed by atoms with van der Waals surface area (Å²) < 4.78 is 29.2. The number of dihydropyridines is 1.